The normalized spacial score (nSPS) is 14.4. The Bertz CT molecular complexity index is 484. The molecule has 3 nitrogen and oxygen atoms in total. The second-order valence-corrected chi connectivity index (χ2v) is 5.36. The van der Waals surface area contributed by atoms with Crippen molar-refractivity contribution in [3.05, 3.63) is 52.0 Å². The van der Waals surface area contributed by atoms with Crippen LogP contribution >= 0.6 is 11.3 Å². The third-order valence-electron chi connectivity index (χ3n) is 2.87. The molecule has 0 bridgehead atoms. The quantitative estimate of drug-likeness (QED) is 0.871. The lowest BCUT2D eigenvalue weighted by atomic mass is 10.1. The molecule has 0 aliphatic carbocycles. The Morgan fingerprint density at radius 3 is 2.94 bits per heavy atom. The number of aromatic nitrogens is 1. The molecule has 0 aliphatic rings. The van der Waals surface area contributed by atoms with Crippen molar-refractivity contribution in [1.82, 2.24) is 10.3 Å². The maximum absolute atomic E-state index is 10.1. The van der Waals surface area contributed by atoms with Crippen LogP contribution in [-0.4, -0.2) is 16.6 Å². The smallest absolute Gasteiger partial charge is 0.109 e. The minimum absolute atomic E-state index is 0.171. The van der Waals surface area contributed by atoms with Crippen LogP contribution in [0.25, 0.3) is 0 Å². The van der Waals surface area contributed by atoms with E-state index in [1.54, 1.807) is 17.5 Å². The molecule has 0 fully saturated rings. The van der Waals surface area contributed by atoms with Gasteiger partial charge in [0.2, 0.25) is 0 Å². The first-order chi connectivity index (χ1) is 8.66. The van der Waals surface area contributed by atoms with Crippen molar-refractivity contribution in [2.24, 2.45) is 0 Å². The Morgan fingerprint density at radius 2 is 2.28 bits per heavy atom. The molecular weight excluding hydrogens is 244 g/mol. The summed E-state index contributed by atoms with van der Waals surface area (Å²) in [5, 5.41) is 16.4. The minimum Gasteiger partial charge on any atom is -0.387 e. The molecule has 2 N–H and O–H groups in total. The number of aliphatic hydroxyl groups excluding tert-OH is 1. The lowest BCUT2D eigenvalue weighted by Crippen LogP contribution is -2.24. The fourth-order valence-electron chi connectivity index (χ4n) is 1.82. The molecular formula is C14H18N2OS. The molecule has 2 atom stereocenters. The van der Waals surface area contributed by atoms with Crippen LogP contribution < -0.4 is 5.32 Å². The third kappa shape index (κ3) is 3.38. The zero-order chi connectivity index (χ0) is 13.0. The third-order valence-corrected chi connectivity index (χ3v) is 3.82. The zero-order valence-corrected chi connectivity index (χ0v) is 11.4. The van der Waals surface area contributed by atoms with Gasteiger partial charge in [0.15, 0.2) is 0 Å². The van der Waals surface area contributed by atoms with Gasteiger partial charge in [0.05, 0.1) is 12.1 Å². The number of hydrogen-bond donors (Lipinski definition) is 2. The van der Waals surface area contributed by atoms with Gasteiger partial charge in [-0.15, -0.1) is 11.3 Å². The molecule has 1 heterocycles. The van der Waals surface area contributed by atoms with Gasteiger partial charge in [-0.3, -0.25) is 0 Å². The lowest BCUT2D eigenvalue weighted by molar-refractivity contribution is 0.170. The Morgan fingerprint density at radius 1 is 1.44 bits per heavy atom. The predicted molar refractivity (Wildman–Crippen MR) is 74.7 cm³/mol. The van der Waals surface area contributed by atoms with Gasteiger partial charge >= 0.3 is 0 Å². The molecule has 1 aromatic heterocycles. The predicted octanol–water partition coefficient (Wildman–Crippen LogP) is 2.84. The molecule has 2 aromatic rings. The number of hydrogen-bond acceptors (Lipinski definition) is 4. The monoisotopic (exact) mass is 262 g/mol. The highest BCUT2D eigenvalue weighted by Crippen LogP contribution is 2.17. The number of nitrogens with zero attached hydrogens (tertiary/aromatic N) is 1. The molecule has 2 unspecified atom stereocenters. The SMILES string of the molecule is Cc1cccc(C(O)CNC(C)c2nccs2)c1. The van der Waals surface area contributed by atoms with Crippen LogP contribution in [0.1, 0.15) is 35.2 Å². The molecule has 0 radical (unpaired) electrons. The van der Waals surface area contributed by atoms with Crippen molar-refractivity contribution in [2.75, 3.05) is 6.54 Å². The van der Waals surface area contributed by atoms with Crippen molar-refractivity contribution >= 4 is 11.3 Å². The van der Waals surface area contributed by atoms with E-state index in [-0.39, 0.29) is 6.04 Å². The van der Waals surface area contributed by atoms with Crippen LogP contribution in [0.2, 0.25) is 0 Å². The summed E-state index contributed by atoms with van der Waals surface area (Å²) in [4.78, 5) is 4.26. The first-order valence-corrected chi connectivity index (χ1v) is 6.92. The van der Waals surface area contributed by atoms with Crippen LogP contribution in [0.15, 0.2) is 35.8 Å². The summed E-state index contributed by atoms with van der Waals surface area (Å²) in [6.45, 7) is 4.62. The molecule has 0 saturated heterocycles. The molecule has 0 spiro atoms. The Hall–Kier alpha value is -1.23. The largest absolute Gasteiger partial charge is 0.387 e. The zero-order valence-electron chi connectivity index (χ0n) is 10.6. The Balaban J connectivity index is 1.90. The standard InChI is InChI=1S/C14H18N2OS/c1-10-4-3-5-12(8-10)13(17)9-16-11(2)14-15-6-7-18-14/h3-8,11,13,16-17H,9H2,1-2H3. The molecule has 4 heteroatoms. The molecule has 1 aromatic carbocycles. The van der Waals surface area contributed by atoms with Crippen LogP contribution in [-0.2, 0) is 0 Å². The highest BCUT2D eigenvalue weighted by molar-refractivity contribution is 7.09. The van der Waals surface area contributed by atoms with Crippen LogP contribution in [0.4, 0.5) is 0 Å². The average Bonchev–Trinajstić information content (AvgIpc) is 2.89. The van der Waals surface area contributed by atoms with Crippen LogP contribution in [0, 0.1) is 6.92 Å². The fraction of sp³-hybridized carbons (Fsp3) is 0.357. The Labute approximate surface area is 112 Å². The first-order valence-electron chi connectivity index (χ1n) is 6.04. The Kier molecular flexibility index (Phi) is 4.47. The maximum atomic E-state index is 10.1. The van der Waals surface area contributed by atoms with Gasteiger partial charge in [-0.1, -0.05) is 29.8 Å². The minimum atomic E-state index is -0.479. The molecule has 96 valence electrons. The highest BCUT2D eigenvalue weighted by atomic mass is 32.1. The van der Waals surface area contributed by atoms with Crippen LogP contribution in [0.5, 0.6) is 0 Å². The summed E-state index contributed by atoms with van der Waals surface area (Å²) in [5.41, 5.74) is 2.12. The van der Waals surface area contributed by atoms with Crippen molar-refractivity contribution in [3.8, 4) is 0 Å². The summed E-state index contributed by atoms with van der Waals surface area (Å²) in [7, 11) is 0. The number of aliphatic hydroxyl groups is 1. The van der Waals surface area contributed by atoms with Crippen molar-refractivity contribution in [1.29, 1.82) is 0 Å². The summed E-state index contributed by atoms with van der Waals surface area (Å²) in [5.74, 6) is 0. The van der Waals surface area contributed by atoms with Gasteiger partial charge in [0.1, 0.15) is 5.01 Å². The number of thiazole rings is 1. The number of rotatable bonds is 5. The van der Waals surface area contributed by atoms with Gasteiger partial charge in [0, 0.05) is 18.1 Å². The van der Waals surface area contributed by atoms with Gasteiger partial charge in [-0.25, -0.2) is 4.98 Å². The van der Waals surface area contributed by atoms with Crippen molar-refractivity contribution < 1.29 is 5.11 Å². The average molecular weight is 262 g/mol. The van der Waals surface area contributed by atoms with Crippen molar-refractivity contribution in [3.63, 3.8) is 0 Å². The number of benzene rings is 1. The van der Waals surface area contributed by atoms with E-state index in [0.717, 1.165) is 10.6 Å². The van der Waals surface area contributed by atoms with E-state index in [4.69, 9.17) is 0 Å². The summed E-state index contributed by atoms with van der Waals surface area (Å²) >= 11 is 1.63. The first kappa shape index (κ1) is 13.2. The van der Waals surface area contributed by atoms with Crippen LogP contribution in [0.3, 0.4) is 0 Å². The molecule has 18 heavy (non-hydrogen) atoms. The fourth-order valence-corrected chi connectivity index (χ4v) is 2.49. The lowest BCUT2D eigenvalue weighted by Gasteiger charge is -2.16. The van der Waals surface area contributed by atoms with E-state index in [1.165, 1.54) is 5.56 Å². The van der Waals surface area contributed by atoms with Gasteiger partial charge in [0.25, 0.3) is 0 Å². The number of aryl methyl sites for hydroxylation is 1. The van der Waals surface area contributed by atoms with E-state index < -0.39 is 6.10 Å². The molecule has 2 rings (SSSR count). The summed E-state index contributed by atoms with van der Waals surface area (Å²) in [6.07, 6.45) is 1.32. The summed E-state index contributed by atoms with van der Waals surface area (Å²) in [6, 6.07) is 8.14. The topological polar surface area (TPSA) is 45.1 Å². The second-order valence-electron chi connectivity index (χ2n) is 4.43. The van der Waals surface area contributed by atoms with E-state index in [1.807, 2.05) is 36.6 Å². The highest BCUT2D eigenvalue weighted by Gasteiger charge is 2.11. The van der Waals surface area contributed by atoms with Gasteiger partial charge in [-0.2, -0.15) is 0 Å². The second kappa shape index (κ2) is 6.09. The van der Waals surface area contributed by atoms with Gasteiger partial charge in [-0.05, 0) is 19.4 Å². The molecule has 0 aliphatic heterocycles. The summed E-state index contributed by atoms with van der Waals surface area (Å²) < 4.78 is 0. The molecule has 0 amide bonds. The van der Waals surface area contributed by atoms with Crippen molar-refractivity contribution in [2.45, 2.75) is 26.0 Å². The van der Waals surface area contributed by atoms with E-state index in [9.17, 15) is 5.11 Å². The maximum Gasteiger partial charge on any atom is 0.109 e. The van der Waals surface area contributed by atoms with E-state index in [0.29, 0.717) is 6.54 Å². The molecule has 0 saturated carbocycles. The van der Waals surface area contributed by atoms with E-state index >= 15 is 0 Å². The van der Waals surface area contributed by atoms with E-state index in [2.05, 4.69) is 17.2 Å². The number of nitrogens with one attached hydrogen (secondary N) is 1. The van der Waals surface area contributed by atoms with Gasteiger partial charge < -0.3 is 10.4 Å².